The van der Waals surface area contributed by atoms with Crippen LogP contribution in [0.5, 0.6) is 0 Å². The molecule has 1 nitrogen and oxygen atoms in total. The zero-order valence-electron chi connectivity index (χ0n) is 7.40. The summed E-state index contributed by atoms with van der Waals surface area (Å²) in [6, 6.07) is -0.223. The lowest BCUT2D eigenvalue weighted by Crippen LogP contribution is -2.20. The lowest BCUT2D eigenvalue weighted by molar-refractivity contribution is 0.114. The fraction of sp³-hybridized carbons (Fsp3) is 0.333. The van der Waals surface area contributed by atoms with E-state index in [1.807, 2.05) is 0 Å². The number of rotatable bonds is 2. The van der Waals surface area contributed by atoms with Crippen LogP contribution in [0, 0.1) is 18.6 Å². The highest BCUT2D eigenvalue weighted by molar-refractivity contribution is 5.27. The van der Waals surface area contributed by atoms with Gasteiger partial charge < -0.3 is 5.73 Å². The number of benzene rings is 1. The number of nitrogens with two attached hydrogens (primary N) is 1. The van der Waals surface area contributed by atoms with E-state index < -0.39 is 29.7 Å². The molecule has 0 bridgehead atoms. The molecular formula is C9H9F4N. The number of hydrogen-bond donors (Lipinski definition) is 1. The van der Waals surface area contributed by atoms with E-state index in [4.69, 9.17) is 5.73 Å². The van der Waals surface area contributed by atoms with E-state index >= 15 is 0 Å². The van der Waals surface area contributed by atoms with Crippen molar-refractivity contribution in [2.24, 2.45) is 5.73 Å². The van der Waals surface area contributed by atoms with Crippen LogP contribution in [0.25, 0.3) is 0 Å². The van der Waals surface area contributed by atoms with E-state index in [0.717, 1.165) is 6.07 Å². The average Bonchev–Trinajstić information content (AvgIpc) is 2.10. The summed E-state index contributed by atoms with van der Waals surface area (Å²) in [5.41, 5.74) is 4.57. The van der Waals surface area contributed by atoms with Crippen LogP contribution in [0.3, 0.4) is 0 Å². The molecule has 1 unspecified atom stereocenters. The first-order chi connectivity index (χ1) is 6.43. The first kappa shape index (κ1) is 11.0. The van der Waals surface area contributed by atoms with Gasteiger partial charge in [0.05, 0.1) is 6.04 Å². The van der Waals surface area contributed by atoms with Crippen LogP contribution in [0.1, 0.15) is 17.2 Å². The summed E-state index contributed by atoms with van der Waals surface area (Å²) in [5, 5.41) is 0. The van der Waals surface area contributed by atoms with E-state index in [2.05, 4.69) is 0 Å². The third-order valence-electron chi connectivity index (χ3n) is 1.91. The predicted molar refractivity (Wildman–Crippen MR) is 44.0 cm³/mol. The fourth-order valence-corrected chi connectivity index (χ4v) is 1.05. The van der Waals surface area contributed by atoms with Crippen LogP contribution in [-0.4, -0.2) is 6.43 Å². The van der Waals surface area contributed by atoms with Crippen LogP contribution >= 0.6 is 0 Å². The van der Waals surface area contributed by atoms with Gasteiger partial charge in [0, 0.05) is 5.56 Å². The van der Waals surface area contributed by atoms with Gasteiger partial charge in [0.15, 0.2) is 0 Å². The van der Waals surface area contributed by atoms with E-state index in [9.17, 15) is 17.6 Å². The Morgan fingerprint density at radius 1 is 1.14 bits per heavy atom. The van der Waals surface area contributed by atoms with Gasteiger partial charge in [0.1, 0.15) is 11.6 Å². The van der Waals surface area contributed by atoms with Gasteiger partial charge in [-0.2, -0.15) is 0 Å². The molecule has 5 heteroatoms. The molecule has 0 radical (unpaired) electrons. The molecule has 0 aliphatic carbocycles. The van der Waals surface area contributed by atoms with Gasteiger partial charge in [0.25, 0.3) is 6.43 Å². The largest absolute Gasteiger partial charge is 0.319 e. The molecule has 14 heavy (non-hydrogen) atoms. The molecule has 0 spiro atoms. The highest BCUT2D eigenvalue weighted by atomic mass is 19.3. The fourth-order valence-electron chi connectivity index (χ4n) is 1.05. The van der Waals surface area contributed by atoms with Crippen molar-refractivity contribution in [2.45, 2.75) is 19.4 Å². The Hall–Kier alpha value is -1.10. The third kappa shape index (κ3) is 2.04. The Kier molecular flexibility index (Phi) is 3.10. The molecule has 0 saturated carbocycles. The number of alkyl halides is 2. The van der Waals surface area contributed by atoms with Gasteiger partial charge in [-0.3, -0.25) is 0 Å². The average molecular weight is 207 g/mol. The highest BCUT2D eigenvalue weighted by Crippen LogP contribution is 2.23. The van der Waals surface area contributed by atoms with Crippen molar-refractivity contribution >= 4 is 0 Å². The van der Waals surface area contributed by atoms with Crippen molar-refractivity contribution in [3.63, 3.8) is 0 Å². The SMILES string of the molecule is Cc1cc(F)c(C(N)C(F)F)cc1F. The van der Waals surface area contributed by atoms with Gasteiger partial charge in [-0.05, 0) is 24.6 Å². The number of hydrogen-bond acceptors (Lipinski definition) is 1. The van der Waals surface area contributed by atoms with Crippen molar-refractivity contribution < 1.29 is 17.6 Å². The summed E-state index contributed by atoms with van der Waals surface area (Å²) < 4.78 is 50.2. The summed E-state index contributed by atoms with van der Waals surface area (Å²) >= 11 is 0. The van der Waals surface area contributed by atoms with E-state index in [0.29, 0.717) is 6.07 Å². The van der Waals surface area contributed by atoms with E-state index in [1.54, 1.807) is 0 Å². The maximum Gasteiger partial charge on any atom is 0.257 e. The number of aryl methyl sites for hydroxylation is 1. The van der Waals surface area contributed by atoms with Crippen LogP contribution in [0.2, 0.25) is 0 Å². The van der Waals surface area contributed by atoms with E-state index in [-0.39, 0.29) is 5.56 Å². The minimum atomic E-state index is -2.91. The topological polar surface area (TPSA) is 26.0 Å². The predicted octanol–water partition coefficient (Wildman–Crippen LogP) is 2.54. The standard InChI is InChI=1S/C9H9F4N/c1-4-2-7(11)5(3-6(4)10)8(14)9(12)13/h2-3,8-9H,14H2,1H3. The quantitative estimate of drug-likeness (QED) is 0.741. The molecule has 0 heterocycles. The summed E-state index contributed by atoms with van der Waals surface area (Å²) in [6.45, 7) is 1.34. The highest BCUT2D eigenvalue weighted by Gasteiger charge is 2.22. The van der Waals surface area contributed by atoms with Crippen molar-refractivity contribution in [1.29, 1.82) is 0 Å². The van der Waals surface area contributed by atoms with Crippen molar-refractivity contribution in [3.8, 4) is 0 Å². The summed E-state index contributed by atoms with van der Waals surface area (Å²) in [5.74, 6) is -1.64. The maximum atomic E-state index is 13.1. The van der Waals surface area contributed by atoms with E-state index in [1.165, 1.54) is 6.92 Å². The Labute approximate surface area is 78.5 Å². The zero-order valence-corrected chi connectivity index (χ0v) is 7.40. The van der Waals surface area contributed by atoms with Crippen LogP contribution < -0.4 is 5.73 Å². The molecule has 2 N–H and O–H groups in total. The normalized spacial score (nSPS) is 13.4. The van der Waals surface area contributed by atoms with Crippen LogP contribution in [0.15, 0.2) is 12.1 Å². The molecule has 0 aromatic heterocycles. The Bertz CT molecular complexity index is 338. The van der Waals surface area contributed by atoms with Gasteiger partial charge in [0.2, 0.25) is 0 Å². The van der Waals surface area contributed by atoms with Crippen LogP contribution in [-0.2, 0) is 0 Å². The summed E-state index contributed by atoms with van der Waals surface area (Å²) in [4.78, 5) is 0. The first-order valence-electron chi connectivity index (χ1n) is 3.92. The molecule has 0 fully saturated rings. The minimum absolute atomic E-state index is 0.0627. The Morgan fingerprint density at radius 2 is 1.71 bits per heavy atom. The lowest BCUT2D eigenvalue weighted by atomic mass is 10.0. The molecule has 1 rings (SSSR count). The summed E-state index contributed by atoms with van der Waals surface area (Å²) in [6.07, 6.45) is -2.91. The monoisotopic (exact) mass is 207 g/mol. The Morgan fingerprint density at radius 3 is 2.21 bits per heavy atom. The zero-order chi connectivity index (χ0) is 10.9. The third-order valence-corrected chi connectivity index (χ3v) is 1.91. The van der Waals surface area contributed by atoms with Crippen molar-refractivity contribution in [3.05, 3.63) is 34.9 Å². The van der Waals surface area contributed by atoms with Gasteiger partial charge in [-0.15, -0.1) is 0 Å². The molecule has 1 aromatic rings. The summed E-state index contributed by atoms with van der Waals surface area (Å²) in [7, 11) is 0. The number of halogens is 4. The second-order valence-corrected chi connectivity index (χ2v) is 2.98. The smallest absolute Gasteiger partial charge is 0.257 e. The maximum absolute atomic E-state index is 13.1. The molecule has 0 aliphatic rings. The van der Waals surface area contributed by atoms with Gasteiger partial charge >= 0.3 is 0 Å². The van der Waals surface area contributed by atoms with Gasteiger partial charge in [-0.25, -0.2) is 17.6 Å². The molecule has 0 amide bonds. The minimum Gasteiger partial charge on any atom is -0.319 e. The van der Waals surface area contributed by atoms with Crippen molar-refractivity contribution in [2.75, 3.05) is 0 Å². The first-order valence-corrected chi connectivity index (χ1v) is 3.92. The molecular weight excluding hydrogens is 198 g/mol. The second kappa shape index (κ2) is 3.96. The van der Waals surface area contributed by atoms with Crippen LogP contribution in [0.4, 0.5) is 17.6 Å². The molecule has 1 aromatic carbocycles. The second-order valence-electron chi connectivity index (χ2n) is 2.98. The molecule has 1 atom stereocenters. The lowest BCUT2D eigenvalue weighted by Gasteiger charge is -2.12. The Balaban J connectivity index is 3.15. The molecule has 0 aliphatic heterocycles. The molecule has 78 valence electrons. The van der Waals surface area contributed by atoms with Crippen molar-refractivity contribution in [1.82, 2.24) is 0 Å². The molecule has 0 saturated heterocycles. The van der Waals surface area contributed by atoms with Gasteiger partial charge in [-0.1, -0.05) is 0 Å².